The summed E-state index contributed by atoms with van der Waals surface area (Å²) in [6.07, 6.45) is 0.873. The number of sulfonamides is 1. The van der Waals surface area contributed by atoms with Crippen LogP contribution >= 0.6 is 22.9 Å². The van der Waals surface area contributed by atoms with Crippen molar-refractivity contribution < 1.29 is 26.7 Å². The van der Waals surface area contributed by atoms with Gasteiger partial charge in [-0.25, -0.2) is 21.6 Å². The molecule has 0 radical (unpaired) electrons. The number of nitrogens with one attached hydrogen (secondary N) is 1. The fourth-order valence-corrected chi connectivity index (χ4v) is 6.59. The Bertz CT molecular complexity index is 1330. The Hall–Kier alpha value is -2.14. The van der Waals surface area contributed by atoms with Crippen molar-refractivity contribution in [2.45, 2.75) is 16.0 Å². The summed E-state index contributed by atoms with van der Waals surface area (Å²) in [5, 5.41) is 10.2. The van der Waals surface area contributed by atoms with E-state index in [1.54, 1.807) is 25.1 Å². The Kier molecular flexibility index (Phi) is 5.17. The van der Waals surface area contributed by atoms with Crippen LogP contribution in [0.1, 0.15) is 15.9 Å². The predicted octanol–water partition coefficient (Wildman–Crippen LogP) is 3.77. The van der Waals surface area contributed by atoms with Crippen LogP contribution in [0.2, 0.25) is 5.02 Å². The first-order valence-electron chi connectivity index (χ1n) is 7.69. The molecule has 0 aliphatic carbocycles. The molecule has 1 heterocycles. The molecule has 0 saturated carbocycles. The van der Waals surface area contributed by atoms with Gasteiger partial charge in [-0.15, -0.1) is 11.3 Å². The maximum Gasteiger partial charge on any atom is 0.335 e. The van der Waals surface area contributed by atoms with E-state index in [1.807, 2.05) is 0 Å². The number of rotatable bonds is 5. The van der Waals surface area contributed by atoms with Crippen LogP contribution < -0.4 is 4.72 Å². The fraction of sp³-hybridized carbons (Fsp3) is 0.118. The van der Waals surface area contributed by atoms with E-state index in [2.05, 4.69) is 4.72 Å². The molecule has 0 aliphatic heterocycles. The minimum atomic E-state index is -4.12. The highest BCUT2D eigenvalue weighted by Crippen LogP contribution is 2.37. The lowest BCUT2D eigenvalue weighted by Gasteiger charge is -2.12. The maximum absolute atomic E-state index is 12.9. The minimum Gasteiger partial charge on any atom is -0.478 e. The van der Waals surface area contributed by atoms with Crippen LogP contribution in [0, 0.1) is 6.92 Å². The van der Waals surface area contributed by atoms with Gasteiger partial charge in [0.15, 0.2) is 9.84 Å². The normalized spacial score (nSPS) is 12.2. The summed E-state index contributed by atoms with van der Waals surface area (Å²) in [7, 11) is -8.01. The Morgan fingerprint density at radius 3 is 2.39 bits per heavy atom. The van der Waals surface area contributed by atoms with E-state index in [-0.39, 0.29) is 15.5 Å². The third-order valence-electron chi connectivity index (χ3n) is 3.97. The maximum atomic E-state index is 12.9. The Balaban J connectivity index is 2.13. The topological polar surface area (TPSA) is 118 Å². The van der Waals surface area contributed by atoms with Crippen LogP contribution in [0.5, 0.6) is 0 Å². The fourth-order valence-electron chi connectivity index (χ4n) is 2.66. The molecule has 3 rings (SSSR count). The van der Waals surface area contributed by atoms with E-state index in [0.29, 0.717) is 20.7 Å². The van der Waals surface area contributed by atoms with E-state index in [4.69, 9.17) is 16.7 Å². The molecule has 11 heteroatoms. The number of thiophene rings is 1. The highest BCUT2D eigenvalue weighted by Gasteiger charge is 2.25. The molecule has 2 N–H and O–H groups in total. The van der Waals surface area contributed by atoms with Crippen molar-refractivity contribution in [3.8, 4) is 0 Å². The van der Waals surface area contributed by atoms with Gasteiger partial charge >= 0.3 is 5.97 Å². The predicted molar refractivity (Wildman–Crippen MR) is 109 cm³/mol. The number of hydrogen-bond acceptors (Lipinski definition) is 6. The third kappa shape index (κ3) is 3.86. The number of aryl methyl sites for hydroxylation is 1. The Morgan fingerprint density at radius 1 is 1.11 bits per heavy atom. The zero-order chi connectivity index (χ0) is 20.9. The molecule has 7 nitrogen and oxygen atoms in total. The van der Waals surface area contributed by atoms with Crippen molar-refractivity contribution in [1.29, 1.82) is 0 Å². The summed E-state index contributed by atoms with van der Waals surface area (Å²) in [4.78, 5) is 10.7. The number of carboxylic acids is 1. The molecule has 0 saturated heterocycles. The van der Waals surface area contributed by atoms with Gasteiger partial charge in [-0.05, 0) is 54.3 Å². The van der Waals surface area contributed by atoms with Crippen molar-refractivity contribution in [3.05, 3.63) is 52.5 Å². The summed E-state index contributed by atoms with van der Waals surface area (Å²) in [6, 6.07) is 8.19. The highest BCUT2D eigenvalue weighted by atomic mass is 35.5. The zero-order valence-corrected chi connectivity index (χ0v) is 17.8. The molecule has 0 fully saturated rings. The highest BCUT2D eigenvalue weighted by molar-refractivity contribution is 7.95. The van der Waals surface area contributed by atoms with Gasteiger partial charge in [0, 0.05) is 16.0 Å². The van der Waals surface area contributed by atoms with E-state index >= 15 is 0 Å². The van der Waals surface area contributed by atoms with Crippen LogP contribution in [0.4, 0.5) is 5.69 Å². The molecule has 1 aromatic heterocycles. The lowest BCUT2D eigenvalue weighted by molar-refractivity contribution is 0.0696. The number of halogens is 1. The summed E-state index contributed by atoms with van der Waals surface area (Å²) >= 11 is 7.01. The molecule has 0 aliphatic rings. The number of aromatic carboxylic acids is 1. The van der Waals surface area contributed by atoms with Gasteiger partial charge in [0.05, 0.1) is 16.1 Å². The first-order chi connectivity index (χ1) is 12.9. The van der Waals surface area contributed by atoms with Crippen LogP contribution in [0.3, 0.4) is 0 Å². The first-order valence-corrected chi connectivity index (χ1v) is 12.3. The molecule has 0 atom stereocenters. The number of fused-ring (bicyclic) bond motifs is 1. The Labute approximate surface area is 170 Å². The zero-order valence-electron chi connectivity index (χ0n) is 14.6. The number of carboxylic acid groups (broad SMARTS) is 1. The average molecular weight is 460 g/mol. The number of benzene rings is 2. The lowest BCUT2D eigenvalue weighted by Crippen LogP contribution is -2.15. The van der Waals surface area contributed by atoms with Crippen molar-refractivity contribution in [3.63, 3.8) is 0 Å². The molecule has 0 spiro atoms. The molecular weight excluding hydrogens is 446 g/mol. The monoisotopic (exact) mass is 459 g/mol. The van der Waals surface area contributed by atoms with Gasteiger partial charge < -0.3 is 5.11 Å². The van der Waals surface area contributed by atoms with Crippen molar-refractivity contribution in [2.24, 2.45) is 0 Å². The van der Waals surface area contributed by atoms with Gasteiger partial charge in [0.2, 0.25) is 0 Å². The van der Waals surface area contributed by atoms with Crippen molar-refractivity contribution in [2.75, 3.05) is 11.0 Å². The quantitative estimate of drug-likeness (QED) is 0.599. The van der Waals surface area contributed by atoms with Crippen LogP contribution in [0.15, 0.2) is 45.5 Å². The van der Waals surface area contributed by atoms with E-state index < -0.39 is 30.7 Å². The van der Waals surface area contributed by atoms with E-state index in [1.165, 1.54) is 0 Å². The van der Waals surface area contributed by atoms with E-state index in [9.17, 15) is 21.6 Å². The molecule has 28 heavy (non-hydrogen) atoms. The second-order valence-corrected chi connectivity index (χ2v) is 11.4. The molecule has 0 unspecified atom stereocenters. The van der Waals surface area contributed by atoms with Crippen LogP contribution in [-0.2, 0) is 19.9 Å². The summed E-state index contributed by atoms with van der Waals surface area (Å²) < 4.78 is 53.0. The van der Waals surface area contributed by atoms with E-state index in [0.717, 1.165) is 35.8 Å². The number of hydrogen-bond donors (Lipinski definition) is 2. The lowest BCUT2D eigenvalue weighted by atomic mass is 10.2. The van der Waals surface area contributed by atoms with Gasteiger partial charge in [-0.1, -0.05) is 11.6 Å². The number of anilines is 1. The number of sulfone groups is 1. The third-order valence-corrected chi connectivity index (χ3v) is 8.60. The largest absolute Gasteiger partial charge is 0.478 e. The Morgan fingerprint density at radius 2 is 1.79 bits per heavy atom. The summed E-state index contributed by atoms with van der Waals surface area (Å²) in [6.45, 7) is 1.63. The minimum absolute atomic E-state index is 0.0199. The molecule has 2 aromatic carbocycles. The van der Waals surface area contributed by atoms with Crippen LogP contribution in [-0.4, -0.2) is 34.2 Å². The summed E-state index contributed by atoms with van der Waals surface area (Å²) in [5.74, 6) is -1.32. The molecule has 3 aromatic rings. The van der Waals surface area contributed by atoms with Gasteiger partial charge in [-0.3, -0.25) is 4.72 Å². The summed E-state index contributed by atoms with van der Waals surface area (Å²) in [5.41, 5.74) is -0.00323. The van der Waals surface area contributed by atoms with Crippen molar-refractivity contribution >= 4 is 64.5 Å². The van der Waals surface area contributed by atoms with Crippen molar-refractivity contribution in [1.82, 2.24) is 0 Å². The standard InChI is InChI=1S/C17H14ClNO6S3/c1-9-12-8-11(18)4-6-14(12)26-17(9)28(24,25)19-13-5-3-10(16(20)21)7-15(13)27(2,22)23/h3-8,19H,1-2H3,(H,20,21). The first kappa shape index (κ1) is 20.6. The molecule has 148 valence electrons. The molecule has 0 bridgehead atoms. The molecule has 0 amide bonds. The average Bonchev–Trinajstić information content (AvgIpc) is 2.91. The number of carbonyl (C=O) groups is 1. The second kappa shape index (κ2) is 7.03. The van der Waals surface area contributed by atoms with Crippen LogP contribution in [0.25, 0.3) is 10.1 Å². The second-order valence-electron chi connectivity index (χ2n) is 6.05. The van der Waals surface area contributed by atoms with Gasteiger partial charge in [0.1, 0.15) is 4.21 Å². The smallest absolute Gasteiger partial charge is 0.335 e. The molecular formula is C17H14ClNO6S3. The van der Waals surface area contributed by atoms with Gasteiger partial charge in [-0.2, -0.15) is 0 Å². The SMILES string of the molecule is Cc1c(S(=O)(=O)Nc2ccc(C(=O)O)cc2S(C)(=O)=O)sc2ccc(Cl)cc12. The van der Waals surface area contributed by atoms with Gasteiger partial charge in [0.25, 0.3) is 10.0 Å².